The third kappa shape index (κ3) is 7.48. The number of benzene rings is 2. The van der Waals surface area contributed by atoms with Gasteiger partial charge in [-0.1, -0.05) is 32.9 Å². The van der Waals surface area contributed by atoms with E-state index in [9.17, 15) is 29.1 Å². The zero-order valence-electron chi connectivity index (χ0n) is 32.2. The summed E-state index contributed by atoms with van der Waals surface area (Å²) in [7, 11) is 1.81. The lowest BCUT2D eigenvalue weighted by Crippen LogP contribution is -2.50. The number of hydrogen-bond donors (Lipinski definition) is 5. The molecule has 2 aromatic carbocycles. The van der Waals surface area contributed by atoms with Crippen molar-refractivity contribution < 1.29 is 42.9 Å². The van der Waals surface area contributed by atoms with Gasteiger partial charge in [-0.25, -0.2) is 19.0 Å². The number of halogens is 1. The predicted octanol–water partition coefficient (Wildman–Crippen LogP) is 4.00. The first kappa shape index (κ1) is 40.0. The Morgan fingerprint density at radius 1 is 1.18 bits per heavy atom. The number of esters is 1. The number of aldehydes is 1. The summed E-state index contributed by atoms with van der Waals surface area (Å²) in [4.78, 5) is 69.8. The van der Waals surface area contributed by atoms with Gasteiger partial charge in [0.1, 0.15) is 31.4 Å². The van der Waals surface area contributed by atoms with Gasteiger partial charge in [-0.05, 0) is 79.5 Å². The predicted molar refractivity (Wildman–Crippen MR) is 205 cm³/mol. The normalized spacial score (nSPS) is 20.8. The molecule has 1 aromatic heterocycles. The van der Waals surface area contributed by atoms with E-state index in [2.05, 4.69) is 16.0 Å². The number of hydrogen-bond acceptors (Lipinski definition) is 11. The first-order valence-corrected chi connectivity index (χ1v) is 18.6. The van der Waals surface area contributed by atoms with Gasteiger partial charge < -0.3 is 41.2 Å². The summed E-state index contributed by atoms with van der Waals surface area (Å²) in [6.45, 7) is 8.54. The molecule has 0 bridgehead atoms. The van der Waals surface area contributed by atoms with Crippen molar-refractivity contribution in [3.63, 3.8) is 0 Å². The van der Waals surface area contributed by atoms with Gasteiger partial charge in [-0.2, -0.15) is 0 Å². The maximum absolute atomic E-state index is 15.3. The molecule has 0 radical (unpaired) electrons. The average molecular weight is 771 g/mol. The summed E-state index contributed by atoms with van der Waals surface area (Å²) in [6.07, 6.45) is 2.37. The molecule has 14 nitrogen and oxygen atoms in total. The average Bonchev–Trinajstić information content (AvgIpc) is 3.48. The summed E-state index contributed by atoms with van der Waals surface area (Å²) in [6, 6.07) is 6.03. The number of aliphatic hydroxyl groups is 1. The maximum Gasteiger partial charge on any atom is 0.407 e. The number of cyclic esters (lactones) is 1. The van der Waals surface area contributed by atoms with Crippen molar-refractivity contribution in [3.8, 4) is 0 Å². The standard InChI is InChI=1S/C41H47FN6O8/c1-7-41(54)28(24(17-49)19-55-39(41)52)14-32-36-27(16-48(32)6)34-30(13-12-26-21(4)29(42)15-31(46-36)33(26)34)47-40(53)56-18-23-8-10-25(11-9-23)45-37(50)22(5)44-38(51)35(43)20(2)3/h8-11,14-15,17,20,22,30,35,54H,7,12-13,16,18-19,43H2,1-6H3,(H,44,51)(H,45,50)(H,47,53)/b32-14-. The third-order valence-electron chi connectivity index (χ3n) is 10.9. The van der Waals surface area contributed by atoms with Crippen LogP contribution in [0, 0.1) is 18.7 Å². The van der Waals surface area contributed by atoms with Crippen molar-refractivity contribution in [2.24, 2.45) is 11.7 Å². The summed E-state index contributed by atoms with van der Waals surface area (Å²) in [5.41, 5.74) is 9.47. The molecule has 2 aliphatic heterocycles. The molecular weight excluding hydrogens is 723 g/mol. The molecule has 4 unspecified atom stereocenters. The van der Waals surface area contributed by atoms with Crippen LogP contribution in [-0.2, 0) is 48.2 Å². The van der Waals surface area contributed by atoms with Crippen LogP contribution in [-0.4, -0.2) is 76.5 Å². The zero-order valence-corrected chi connectivity index (χ0v) is 32.2. The van der Waals surface area contributed by atoms with Gasteiger partial charge in [-0.3, -0.25) is 14.4 Å². The quantitative estimate of drug-likeness (QED) is 0.139. The number of amides is 3. The van der Waals surface area contributed by atoms with Crippen molar-refractivity contribution in [2.75, 3.05) is 19.0 Å². The molecule has 296 valence electrons. The van der Waals surface area contributed by atoms with E-state index < -0.39 is 53.4 Å². The molecular formula is C41H47FN6O8. The van der Waals surface area contributed by atoms with Crippen LogP contribution in [0.15, 0.2) is 47.6 Å². The number of pyridine rings is 1. The minimum absolute atomic E-state index is 0.0350. The van der Waals surface area contributed by atoms with Gasteiger partial charge >= 0.3 is 12.1 Å². The molecule has 3 aromatic rings. The van der Waals surface area contributed by atoms with E-state index in [0.29, 0.717) is 59.4 Å². The van der Waals surface area contributed by atoms with Crippen LogP contribution in [0.4, 0.5) is 14.9 Å². The molecule has 4 atom stereocenters. The third-order valence-corrected chi connectivity index (χ3v) is 10.9. The Bertz CT molecular complexity index is 2180. The van der Waals surface area contributed by atoms with E-state index >= 15 is 4.39 Å². The molecule has 0 saturated heterocycles. The Labute approximate surface area is 323 Å². The summed E-state index contributed by atoms with van der Waals surface area (Å²) in [5, 5.41) is 20.5. The second kappa shape index (κ2) is 15.8. The number of aromatic nitrogens is 1. The molecule has 0 fully saturated rings. The van der Waals surface area contributed by atoms with Gasteiger partial charge in [0.15, 0.2) is 5.60 Å². The topological polar surface area (TPSA) is 202 Å². The van der Waals surface area contributed by atoms with E-state index in [1.807, 2.05) is 25.8 Å². The van der Waals surface area contributed by atoms with Crippen LogP contribution < -0.4 is 21.7 Å². The number of anilines is 1. The number of nitrogens with one attached hydrogen (secondary N) is 3. The molecule has 0 spiro atoms. The number of ether oxygens (including phenoxy) is 2. The lowest BCUT2D eigenvalue weighted by atomic mass is 9.81. The minimum atomic E-state index is -2.05. The number of nitrogens with zero attached hydrogens (tertiary/aromatic N) is 2. The first-order chi connectivity index (χ1) is 26.6. The highest BCUT2D eigenvalue weighted by Gasteiger charge is 2.45. The Hall–Kier alpha value is -5.67. The fourth-order valence-corrected chi connectivity index (χ4v) is 7.41. The van der Waals surface area contributed by atoms with Crippen LogP contribution >= 0.6 is 0 Å². The van der Waals surface area contributed by atoms with Crippen LogP contribution in [0.5, 0.6) is 0 Å². The first-order valence-electron chi connectivity index (χ1n) is 18.6. The Morgan fingerprint density at radius 3 is 2.55 bits per heavy atom. The SMILES string of the molecule is CCC1(O)C(=O)OCC(C=O)=C1/C=C1/c2nc3cc(F)c(C)c4c3c(c2CN1C)C(NC(=O)OCc1ccc(NC(=O)C(C)NC(=O)C(N)C(C)C)cc1)CC4. The number of aryl methyl sites for hydroxylation is 1. The van der Waals surface area contributed by atoms with Crippen molar-refractivity contribution in [1.82, 2.24) is 20.5 Å². The van der Waals surface area contributed by atoms with Gasteiger partial charge in [0.2, 0.25) is 11.8 Å². The van der Waals surface area contributed by atoms with Crippen molar-refractivity contribution in [1.29, 1.82) is 0 Å². The molecule has 6 rings (SSSR count). The van der Waals surface area contributed by atoms with Gasteiger partial charge in [0, 0.05) is 47.4 Å². The highest BCUT2D eigenvalue weighted by Crippen LogP contribution is 2.46. The number of nitrogens with two attached hydrogens (primary N) is 1. The van der Waals surface area contributed by atoms with Gasteiger partial charge in [0.05, 0.1) is 29.0 Å². The van der Waals surface area contributed by atoms with E-state index in [4.69, 9.17) is 20.2 Å². The van der Waals surface area contributed by atoms with E-state index in [1.165, 1.54) is 6.07 Å². The largest absolute Gasteiger partial charge is 0.458 e. The number of carbonyl (C=O) groups excluding carboxylic acids is 5. The second-order valence-electron chi connectivity index (χ2n) is 14.9. The van der Waals surface area contributed by atoms with Crippen LogP contribution in [0.3, 0.4) is 0 Å². The number of carbonyl (C=O) groups is 5. The Balaban J connectivity index is 1.22. The summed E-state index contributed by atoms with van der Waals surface area (Å²) >= 11 is 0. The summed E-state index contributed by atoms with van der Waals surface area (Å²) in [5.74, 6) is -2.18. The molecule has 15 heteroatoms. The molecule has 3 heterocycles. The highest BCUT2D eigenvalue weighted by atomic mass is 19.1. The maximum atomic E-state index is 15.3. The fourth-order valence-electron chi connectivity index (χ4n) is 7.41. The Morgan fingerprint density at radius 2 is 1.89 bits per heavy atom. The van der Waals surface area contributed by atoms with Crippen LogP contribution in [0.1, 0.15) is 80.1 Å². The van der Waals surface area contributed by atoms with E-state index in [1.54, 1.807) is 51.1 Å². The molecule has 3 aliphatic rings. The minimum Gasteiger partial charge on any atom is -0.458 e. The molecule has 0 saturated carbocycles. The summed E-state index contributed by atoms with van der Waals surface area (Å²) < 4.78 is 26.0. The van der Waals surface area contributed by atoms with E-state index in [-0.39, 0.29) is 36.7 Å². The molecule has 1 aliphatic carbocycles. The molecule has 56 heavy (non-hydrogen) atoms. The van der Waals surface area contributed by atoms with Crippen LogP contribution in [0.25, 0.3) is 16.6 Å². The number of fused-ring (bicyclic) bond motifs is 2. The van der Waals surface area contributed by atoms with Crippen LogP contribution in [0.2, 0.25) is 0 Å². The van der Waals surface area contributed by atoms with Gasteiger partial charge in [0.25, 0.3) is 0 Å². The zero-order chi connectivity index (χ0) is 40.6. The van der Waals surface area contributed by atoms with E-state index in [0.717, 1.165) is 22.1 Å². The lowest BCUT2D eigenvalue weighted by Gasteiger charge is -2.32. The molecule has 3 amide bonds. The van der Waals surface area contributed by atoms with Crippen molar-refractivity contribution in [3.05, 3.63) is 86.9 Å². The second-order valence-corrected chi connectivity index (χ2v) is 14.9. The highest BCUT2D eigenvalue weighted by molar-refractivity contribution is 5.98. The Kier molecular flexibility index (Phi) is 11.3. The van der Waals surface area contributed by atoms with Crippen molar-refractivity contribution >= 4 is 52.5 Å². The van der Waals surface area contributed by atoms with Gasteiger partial charge in [-0.15, -0.1) is 0 Å². The fraction of sp³-hybridized carbons (Fsp3) is 0.415. The smallest absolute Gasteiger partial charge is 0.407 e. The lowest BCUT2D eigenvalue weighted by molar-refractivity contribution is -0.162. The number of alkyl carbamates (subject to hydrolysis) is 1. The molecule has 6 N–H and O–H groups in total. The van der Waals surface area contributed by atoms with Crippen molar-refractivity contribution in [2.45, 2.75) is 90.8 Å². The monoisotopic (exact) mass is 770 g/mol. The number of rotatable bonds is 11.